The number of aliphatic hydroxyl groups is 1. The Labute approximate surface area is 114 Å². The van der Waals surface area contributed by atoms with E-state index in [9.17, 15) is 0 Å². The molecule has 2 unspecified atom stereocenters. The van der Waals surface area contributed by atoms with Gasteiger partial charge in [-0.2, -0.15) is 0 Å². The minimum Gasteiger partial charge on any atom is -0.396 e. The maximum Gasteiger partial charge on any atom is 0.0455 e. The maximum atomic E-state index is 9.06. The van der Waals surface area contributed by atoms with Crippen molar-refractivity contribution in [3.05, 3.63) is 28.8 Å². The zero-order valence-electron chi connectivity index (χ0n) is 11.0. The first-order chi connectivity index (χ1) is 8.63. The summed E-state index contributed by atoms with van der Waals surface area (Å²) in [5.74, 6) is 0. The Bertz CT molecular complexity index is 411. The monoisotopic (exact) mass is 268 g/mol. The van der Waals surface area contributed by atoms with E-state index >= 15 is 0 Å². The smallest absolute Gasteiger partial charge is 0.0455 e. The molecular weight excluding hydrogens is 248 g/mol. The Balaban J connectivity index is 2.21. The number of aliphatic hydroxyl groups excluding tert-OH is 1. The van der Waals surface area contributed by atoms with E-state index in [1.54, 1.807) is 0 Å². The normalized spacial score (nSPS) is 24.3. The van der Waals surface area contributed by atoms with Crippen molar-refractivity contribution in [2.45, 2.75) is 32.4 Å². The molecule has 0 amide bonds. The number of hydrogen-bond donors (Lipinski definition) is 2. The standard InChI is InChI=1S/C14H21ClN2O/c1-10-8-16-12(6-7-18)9-17(10)14-5-3-4-13(15)11(14)2/h3-5,10,12,16,18H,6-9H2,1-2H3. The van der Waals surface area contributed by atoms with Crippen LogP contribution < -0.4 is 10.2 Å². The van der Waals surface area contributed by atoms with Crippen LogP contribution in [0, 0.1) is 6.92 Å². The van der Waals surface area contributed by atoms with Crippen LogP contribution >= 0.6 is 11.6 Å². The van der Waals surface area contributed by atoms with Gasteiger partial charge in [0.25, 0.3) is 0 Å². The predicted octanol–water partition coefficient (Wildman–Crippen LogP) is 2.20. The van der Waals surface area contributed by atoms with Crippen molar-refractivity contribution < 1.29 is 5.11 Å². The van der Waals surface area contributed by atoms with Crippen LogP contribution in [0.25, 0.3) is 0 Å². The molecule has 2 N–H and O–H groups in total. The second kappa shape index (κ2) is 5.91. The molecule has 2 atom stereocenters. The average molecular weight is 269 g/mol. The van der Waals surface area contributed by atoms with E-state index in [1.165, 1.54) is 5.69 Å². The summed E-state index contributed by atoms with van der Waals surface area (Å²) in [6, 6.07) is 6.85. The fourth-order valence-corrected chi connectivity index (χ4v) is 2.69. The molecule has 0 aliphatic carbocycles. The summed E-state index contributed by atoms with van der Waals surface area (Å²) >= 11 is 6.20. The van der Waals surface area contributed by atoms with E-state index < -0.39 is 0 Å². The van der Waals surface area contributed by atoms with Crippen molar-refractivity contribution >= 4 is 17.3 Å². The van der Waals surface area contributed by atoms with Crippen molar-refractivity contribution in [2.24, 2.45) is 0 Å². The third-order valence-corrected chi connectivity index (χ3v) is 4.09. The molecule has 1 aromatic carbocycles. The lowest BCUT2D eigenvalue weighted by atomic mass is 10.0. The van der Waals surface area contributed by atoms with Crippen molar-refractivity contribution in [2.75, 3.05) is 24.6 Å². The van der Waals surface area contributed by atoms with Gasteiger partial charge in [-0.25, -0.2) is 0 Å². The number of anilines is 1. The van der Waals surface area contributed by atoms with Crippen LogP contribution in [0.4, 0.5) is 5.69 Å². The lowest BCUT2D eigenvalue weighted by molar-refractivity contribution is 0.254. The fraction of sp³-hybridized carbons (Fsp3) is 0.571. The van der Waals surface area contributed by atoms with Gasteiger partial charge in [0.05, 0.1) is 0 Å². The van der Waals surface area contributed by atoms with Crippen LogP contribution in [0.3, 0.4) is 0 Å². The second-order valence-electron chi connectivity index (χ2n) is 5.00. The number of rotatable bonds is 3. The molecule has 1 heterocycles. The number of benzene rings is 1. The van der Waals surface area contributed by atoms with Crippen LogP contribution in [-0.4, -0.2) is 36.9 Å². The summed E-state index contributed by atoms with van der Waals surface area (Å²) in [5.41, 5.74) is 2.34. The van der Waals surface area contributed by atoms with Gasteiger partial charge in [0.15, 0.2) is 0 Å². The highest BCUT2D eigenvalue weighted by molar-refractivity contribution is 6.31. The van der Waals surface area contributed by atoms with Crippen molar-refractivity contribution in [3.8, 4) is 0 Å². The lowest BCUT2D eigenvalue weighted by Gasteiger charge is -2.41. The average Bonchev–Trinajstić information content (AvgIpc) is 2.36. The summed E-state index contributed by atoms with van der Waals surface area (Å²) in [5, 5.41) is 13.3. The van der Waals surface area contributed by atoms with Gasteiger partial charge < -0.3 is 15.3 Å². The minimum atomic E-state index is 0.231. The van der Waals surface area contributed by atoms with Gasteiger partial charge in [-0.1, -0.05) is 17.7 Å². The second-order valence-corrected chi connectivity index (χ2v) is 5.41. The lowest BCUT2D eigenvalue weighted by Crippen LogP contribution is -2.56. The van der Waals surface area contributed by atoms with Gasteiger partial charge in [-0.15, -0.1) is 0 Å². The minimum absolute atomic E-state index is 0.231. The summed E-state index contributed by atoms with van der Waals surface area (Å²) in [6.45, 7) is 6.37. The molecule has 1 aliphatic rings. The highest BCUT2D eigenvalue weighted by Crippen LogP contribution is 2.29. The molecule has 3 nitrogen and oxygen atoms in total. The number of piperazine rings is 1. The molecule has 2 rings (SSSR count). The Morgan fingerprint density at radius 3 is 3.00 bits per heavy atom. The summed E-state index contributed by atoms with van der Waals surface area (Å²) in [7, 11) is 0. The Morgan fingerprint density at radius 2 is 2.28 bits per heavy atom. The number of halogens is 1. The first kappa shape index (κ1) is 13.7. The van der Waals surface area contributed by atoms with Crippen molar-refractivity contribution in [1.82, 2.24) is 5.32 Å². The fourth-order valence-electron chi connectivity index (χ4n) is 2.52. The number of nitrogens with one attached hydrogen (secondary N) is 1. The first-order valence-electron chi connectivity index (χ1n) is 6.49. The quantitative estimate of drug-likeness (QED) is 0.882. The van der Waals surface area contributed by atoms with E-state index in [4.69, 9.17) is 16.7 Å². The molecule has 0 radical (unpaired) electrons. The highest BCUT2D eigenvalue weighted by atomic mass is 35.5. The number of nitrogens with zero attached hydrogens (tertiary/aromatic N) is 1. The van der Waals surface area contributed by atoms with Gasteiger partial charge in [0.1, 0.15) is 0 Å². The topological polar surface area (TPSA) is 35.5 Å². The van der Waals surface area contributed by atoms with Gasteiger partial charge >= 0.3 is 0 Å². The summed E-state index contributed by atoms with van der Waals surface area (Å²) in [4.78, 5) is 2.39. The Kier molecular flexibility index (Phi) is 4.49. The molecule has 1 aliphatic heterocycles. The molecule has 4 heteroatoms. The van der Waals surface area contributed by atoms with Crippen LogP contribution in [-0.2, 0) is 0 Å². The Hall–Kier alpha value is -0.770. The molecule has 1 aromatic rings. The predicted molar refractivity (Wildman–Crippen MR) is 76.5 cm³/mol. The molecule has 0 aromatic heterocycles. The van der Waals surface area contributed by atoms with Crippen LogP contribution in [0.1, 0.15) is 18.9 Å². The highest BCUT2D eigenvalue weighted by Gasteiger charge is 2.25. The van der Waals surface area contributed by atoms with Gasteiger partial charge in [0, 0.05) is 42.5 Å². The zero-order chi connectivity index (χ0) is 13.1. The molecule has 18 heavy (non-hydrogen) atoms. The van der Waals surface area contributed by atoms with Crippen LogP contribution in [0.2, 0.25) is 5.02 Å². The molecular formula is C14H21ClN2O. The van der Waals surface area contributed by atoms with Crippen molar-refractivity contribution in [1.29, 1.82) is 0 Å². The zero-order valence-corrected chi connectivity index (χ0v) is 11.7. The van der Waals surface area contributed by atoms with E-state index in [2.05, 4.69) is 30.1 Å². The molecule has 0 spiro atoms. The first-order valence-corrected chi connectivity index (χ1v) is 6.87. The molecule has 1 fully saturated rings. The van der Waals surface area contributed by atoms with E-state index in [0.717, 1.165) is 30.1 Å². The number of hydrogen-bond acceptors (Lipinski definition) is 3. The van der Waals surface area contributed by atoms with Crippen LogP contribution in [0.5, 0.6) is 0 Å². The summed E-state index contributed by atoms with van der Waals surface area (Å²) in [6.07, 6.45) is 0.794. The van der Waals surface area contributed by atoms with Crippen LogP contribution in [0.15, 0.2) is 18.2 Å². The van der Waals surface area contributed by atoms with Gasteiger partial charge in [-0.05, 0) is 38.0 Å². The maximum absolute atomic E-state index is 9.06. The molecule has 0 bridgehead atoms. The third kappa shape index (κ3) is 2.79. The van der Waals surface area contributed by atoms with Gasteiger partial charge in [-0.3, -0.25) is 0 Å². The SMILES string of the molecule is Cc1c(Cl)cccc1N1CC(CCO)NCC1C. The van der Waals surface area contributed by atoms with Gasteiger partial charge in [0.2, 0.25) is 0 Å². The largest absolute Gasteiger partial charge is 0.396 e. The van der Waals surface area contributed by atoms with E-state index in [-0.39, 0.29) is 6.61 Å². The molecule has 100 valence electrons. The molecule has 0 saturated carbocycles. The molecule has 1 saturated heterocycles. The van der Waals surface area contributed by atoms with Crippen molar-refractivity contribution in [3.63, 3.8) is 0 Å². The Morgan fingerprint density at radius 1 is 1.50 bits per heavy atom. The summed E-state index contributed by atoms with van der Waals surface area (Å²) < 4.78 is 0. The van der Waals surface area contributed by atoms with E-state index in [0.29, 0.717) is 12.1 Å². The van der Waals surface area contributed by atoms with E-state index in [1.807, 2.05) is 12.1 Å². The third-order valence-electron chi connectivity index (χ3n) is 3.68.